The number of fused-ring (bicyclic) bond motifs is 1. The second-order valence-electron chi connectivity index (χ2n) is 5.33. The molecule has 0 heterocycles. The molecule has 3 heteroatoms. The summed E-state index contributed by atoms with van der Waals surface area (Å²) in [7, 11) is 0. The molecule has 0 atom stereocenters. The van der Waals surface area contributed by atoms with Crippen molar-refractivity contribution in [1.29, 1.82) is 0 Å². The van der Waals surface area contributed by atoms with E-state index in [2.05, 4.69) is 5.32 Å². The van der Waals surface area contributed by atoms with Gasteiger partial charge < -0.3 is 10.1 Å². The molecule has 0 aromatic heterocycles. The number of benzene rings is 3. The van der Waals surface area contributed by atoms with Gasteiger partial charge in [0.05, 0.1) is 12.2 Å². The summed E-state index contributed by atoms with van der Waals surface area (Å²) in [5, 5.41) is 5.12. The predicted octanol–water partition coefficient (Wildman–Crippen LogP) is 4.88. The summed E-state index contributed by atoms with van der Waals surface area (Å²) in [4.78, 5) is 12.7. The maximum absolute atomic E-state index is 12.7. The van der Waals surface area contributed by atoms with Crippen LogP contribution in [-0.2, 0) is 0 Å². The normalized spacial score (nSPS) is 10.5. The van der Waals surface area contributed by atoms with Gasteiger partial charge in [-0.15, -0.1) is 0 Å². The second-order valence-corrected chi connectivity index (χ2v) is 5.33. The lowest BCUT2D eigenvalue weighted by Gasteiger charge is -2.12. The summed E-state index contributed by atoms with van der Waals surface area (Å²) in [6, 6.07) is 21.2. The average Bonchev–Trinajstić information content (AvgIpc) is 2.60. The van der Waals surface area contributed by atoms with Crippen LogP contribution >= 0.6 is 0 Å². The average molecular weight is 305 g/mol. The number of hydrogen-bond acceptors (Lipinski definition) is 2. The van der Waals surface area contributed by atoms with Crippen LogP contribution in [0.15, 0.2) is 66.7 Å². The van der Waals surface area contributed by atoms with Gasteiger partial charge in [-0.05, 0) is 30.0 Å². The molecule has 3 nitrogen and oxygen atoms in total. The third kappa shape index (κ3) is 3.34. The first-order chi connectivity index (χ1) is 11.3. The Balaban J connectivity index is 1.89. The molecular formula is C20H19NO2. The van der Waals surface area contributed by atoms with Crippen LogP contribution in [0.1, 0.15) is 23.7 Å². The Morgan fingerprint density at radius 2 is 1.70 bits per heavy atom. The van der Waals surface area contributed by atoms with Crippen molar-refractivity contribution in [1.82, 2.24) is 0 Å². The molecule has 0 spiro atoms. The van der Waals surface area contributed by atoms with Crippen LogP contribution in [0.3, 0.4) is 0 Å². The van der Waals surface area contributed by atoms with Crippen LogP contribution in [0.4, 0.5) is 5.69 Å². The summed E-state index contributed by atoms with van der Waals surface area (Å²) in [6.45, 7) is 2.64. The van der Waals surface area contributed by atoms with Crippen LogP contribution in [-0.4, -0.2) is 12.5 Å². The Morgan fingerprint density at radius 3 is 2.57 bits per heavy atom. The van der Waals surface area contributed by atoms with Crippen molar-refractivity contribution in [3.8, 4) is 5.75 Å². The van der Waals surface area contributed by atoms with Crippen molar-refractivity contribution in [2.75, 3.05) is 11.9 Å². The van der Waals surface area contributed by atoms with Gasteiger partial charge in [0.15, 0.2) is 0 Å². The highest BCUT2D eigenvalue weighted by molar-refractivity contribution is 6.10. The standard InChI is InChI=1S/C20H19NO2/c1-2-14-23-19-13-6-5-11-17(19)20(22)21-18-12-7-9-15-8-3-4-10-16(15)18/h3-13H,2,14H2,1H3,(H,21,22). The molecule has 3 aromatic carbocycles. The van der Waals surface area contributed by atoms with Gasteiger partial charge in [-0.2, -0.15) is 0 Å². The summed E-state index contributed by atoms with van der Waals surface area (Å²) in [5.41, 5.74) is 1.35. The van der Waals surface area contributed by atoms with Crippen molar-refractivity contribution in [2.45, 2.75) is 13.3 Å². The van der Waals surface area contributed by atoms with E-state index in [-0.39, 0.29) is 5.91 Å². The van der Waals surface area contributed by atoms with Crippen LogP contribution in [0.25, 0.3) is 10.8 Å². The van der Waals surface area contributed by atoms with Gasteiger partial charge in [0.2, 0.25) is 0 Å². The number of amides is 1. The number of anilines is 1. The molecule has 0 aliphatic heterocycles. The van der Waals surface area contributed by atoms with Gasteiger partial charge >= 0.3 is 0 Å². The van der Waals surface area contributed by atoms with E-state index < -0.39 is 0 Å². The molecule has 0 unspecified atom stereocenters. The predicted molar refractivity (Wildman–Crippen MR) is 94.1 cm³/mol. The molecule has 1 amide bonds. The van der Waals surface area contributed by atoms with Gasteiger partial charge in [-0.25, -0.2) is 0 Å². The van der Waals surface area contributed by atoms with Gasteiger partial charge in [-0.3, -0.25) is 4.79 Å². The van der Waals surface area contributed by atoms with Crippen molar-refractivity contribution in [2.24, 2.45) is 0 Å². The Morgan fingerprint density at radius 1 is 0.957 bits per heavy atom. The summed E-state index contributed by atoms with van der Waals surface area (Å²) >= 11 is 0. The van der Waals surface area contributed by atoms with Crippen molar-refractivity contribution in [3.63, 3.8) is 0 Å². The lowest BCUT2D eigenvalue weighted by molar-refractivity contribution is 0.102. The van der Waals surface area contributed by atoms with Gasteiger partial charge in [-0.1, -0.05) is 55.5 Å². The van der Waals surface area contributed by atoms with Gasteiger partial charge in [0.25, 0.3) is 5.91 Å². The lowest BCUT2D eigenvalue weighted by Crippen LogP contribution is -2.14. The highest BCUT2D eigenvalue weighted by Crippen LogP contribution is 2.25. The highest BCUT2D eigenvalue weighted by atomic mass is 16.5. The van der Waals surface area contributed by atoms with E-state index in [0.29, 0.717) is 17.9 Å². The third-order valence-corrected chi connectivity index (χ3v) is 3.63. The monoisotopic (exact) mass is 305 g/mol. The van der Waals surface area contributed by atoms with Crippen LogP contribution in [0.5, 0.6) is 5.75 Å². The minimum Gasteiger partial charge on any atom is -0.493 e. The Labute approximate surface area is 135 Å². The zero-order valence-electron chi connectivity index (χ0n) is 13.1. The molecule has 0 radical (unpaired) electrons. The largest absolute Gasteiger partial charge is 0.493 e. The second kappa shape index (κ2) is 6.97. The maximum atomic E-state index is 12.7. The van der Waals surface area contributed by atoms with E-state index in [9.17, 15) is 4.79 Å². The minimum atomic E-state index is -0.159. The SMILES string of the molecule is CCCOc1ccccc1C(=O)Nc1cccc2ccccc12. The van der Waals surface area contributed by atoms with Gasteiger partial charge in [0.1, 0.15) is 5.75 Å². The number of carbonyl (C=O) groups is 1. The maximum Gasteiger partial charge on any atom is 0.259 e. The minimum absolute atomic E-state index is 0.159. The summed E-state index contributed by atoms with van der Waals surface area (Å²) in [5.74, 6) is 0.458. The Hall–Kier alpha value is -2.81. The molecule has 1 N–H and O–H groups in total. The van der Waals surface area contributed by atoms with E-state index in [0.717, 1.165) is 22.9 Å². The Kier molecular flexibility index (Phi) is 4.57. The number of carbonyl (C=O) groups excluding carboxylic acids is 1. The van der Waals surface area contributed by atoms with E-state index in [1.165, 1.54) is 0 Å². The van der Waals surface area contributed by atoms with E-state index in [1.807, 2.05) is 67.6 Å². The van der Waals surface area contributed by atoms with Crippen molar-refractivity contribution >= 4 is 22.4 Å². The first-order valence-electron chi connectivity index (χ1n) is 7.80. The quantitative estimate of drug-likeness (QED) is 0.729. The summed E-state index contributed by atoms with van der Waals surface area (Å²) in [6.07, 6.45) is 0.902. The first-order valence-corrected chi connectivity index (χ1v) is 7.80. The number of hydrogen-bond donors (Lipinski definition) is 1. The summed E-state index contributed by atoms with van der Waals surface area (Å²) < 4.78 is 5.67. The molecule has 0 saturated carbocycles. The zero-order valence-corrected chi connectivity index (χ0v) is 13.1. The zero-order chi connectivity index (χ0) is 16.1. The van der Waals surface area contributed by atoms with E-state index in [1.54, 1.807) is 6.07 Å². The van der Waals surface area contributed by atoms with Crippen LogP contribution in [0, 0.1) is 0 Å². The van der Waals surface area contributed by atoms with Crippen molar-refractivity contribution < 1.29 is 9.53 Å². The molecule has 0 aliphatic carbocycles. The molecule has 23 heavy (non-hydrogen) atoms. The highest BCUT2D eigenvalue weighted by Gasteiger charge is 2.13. The number of rotatable bonds is 5. The Bertz CT molecular complexity index is 821. The molecule has 3 rings (SSSR count). The number of ether oxygens (including phenoxy) is 1. The molecule has 3 aromatic rings. The fraction of sp³-hybridized carbons (Fsp3) is 0.150. The van der Waals surface area contributed by atoms with Crippen molar-refractivity contribution in [3.05, 3.63) is 72.3 Å². The van der Waals surface area contributed by atoms with E-state index in [4.69, 9.17) is 4.74 Å². The smallest absolute Gasteiger partial charge is 0.259 e. The molecule has 0 saturated heterocycles. The molecule has 0 aliphatic rings. The topological polar surface area (TPSA) is 38.3 Å². The molecule has 0 bridgehead atoms. The third-order valence-electron chi connectivity index (χ3n) is 3.63. The number of nitrogens with one attached hydrogen (secondary N) is 1. The fourth-order valence-electron chi connectivity index (χ4n) is 2.52. The first kappa shape index (κ1) is 15.1. The molecule has 0 fully saturated rings. The molecule has 116 valence electrons. The van der Waals surface area contributed by atoms with E-state index >= 15 is 0 Å². The van der Waals surface area contributed by atoms with Gasteiger partial charge in [0, 0.05) is 11.1 Å². The lowest BCUT2D eigenvalue weighted by atomic mass is 10.1. The van der Waals surface area contributed by atoms with Crippen LogP contribution < -0.4 is 10.1 Å². The molecular weight excluding hydrogens is 286 g/mol. The number of para-hydroxylation sites is 1. The van der Waals surface area contributed by atoms with Crippen LogP contribution in [0.2, 0.25) is 0 Å². The fourth-order valence-corrected chi connectivity index (χ4v) is 2.52.